The van der Waals surface area contributed by atoms with Crippen LogP contribution in [0, 0.1) is 46.3 Å². The monoisotopic (exact) mass is 588 g/mol. The Bertz CT molecular complexity index is 607. The third kappa shape index (κ3) is 1.46. The average Bonchev–Trinajstić information content (AvgIpc) is 3.34. The normalized spacial score (nSPS) is 60.1. The number of alkyl halides is 2. The second-order valence-electron chi connectivity index (χ2n) is 8.31. The van der Waals surface area contributed by atoms with Gasteiger partial charge in [-0.3, -0.25) is 9.59 Å². The van der Waals surface area contributed by atoms with Gasteiger partial charge in [-0.05, 0) is 37.5 Å². The summed E-state index contributed by atoms with van der Waals surface area (Å²) in [6.07, 6.45) is -1.24. The molecule has 6 fully saturated rings. The predicted octanol–water partition coefficient (Wildman–Crippen LogP) is 1.18. The van der Waals surface area contributed by atoms with Gasteiger partial charge >= 0.3 is 11.9 Å². The third-order valence-electron chi connectivity index (χ3n) is 8.19. The highest BCUT2D eigenvalue weighted by Crippen LogP contribution is 2.93. The van der Waals surface area contributed by atoms with E-state index in [1.165, 1.54) is 0 Å². The van der Waals surface area contributed by atoms with Crippen molar-refractivity contribution >= 4 is 57.1 Å². The Labute approximate surface area is 179 Å². The third-order valence-corrected chi connectivity index (χ3v) is 11.2. The fourth-order valence-electron chi connectivity index (χ4n) is 8.29. The topological polar surface area (TPSA) is 93.1 Å². The van der Waals surface area contributed by atoms with Gasteiger partial charge in [-0.25, -0.2) is 0 Å². The molecule has 8 heteroatoms. The van der Waals surface area contributed by atoms with Gasteiger partial charge in [0.25, 0.3) is 0 Å². The number of halogens is 2. The molecule has 0 amide bonds. The molecule has 144 valence electrons. The molecule has 0 aromatic heterocycles. The van der Waals surface area contributed by atoms with E-state index in [2.05, 4.69) is 45.2 Å². The summed E-state index contributed by atoms with van der Waals surface area (Å²) in [4.78, 5) is 26.9. The quantitative estimate of drug-likeness (QED) is 0.292. The maximum Gasteiger partial charge on any atom is 0.313 e. The fraction of sp³-hybridized carbons (Fsp3) is 0.889. The second kappa shape index (κ2) is 5.47. The van der Waals surface area contributed by atoms with E-state index in [0.717, 1.165) is 0 Å². The van der Waals surface area contributed by atoms with Crippen molar-refractivity contribution in [1.29, 1.82) is 0 Å². The lowest BCUT2D eigenvalue weighted by Crippen LogP contribution is -2.68. The number of hydrogen-bond acceptors (Lipinski definition) is 6. The van der Waals surface area contributed by atoms with E-state index in [1.54, 1.807) is 13.8 Å². The standard InChI is InChI=1S/C18H22I2O6/c1-3-25-15(23)17-7-5-6-8(12(20)13(21)9(6)17)18(17,16(24)26-4-2)10(5)14(22)11(7)19/h5-14,21-22H,3-4H2,1-2H3/t5-,6-,7-,8+,9+,10-,11-,12-,13+,14+,17+,18+/m1/s1. The minimum Gasteiger partial charge on any atom is -0.466 e. The second-order valence-corrected chi connectivity index (χ2v) is 11.2. The van der Waals surface area contributed by atoms with Crippen molar-refractivity contribution in [2.24, 2.45) is 46.3 Å². The van der Waals surface area contributed by atoms with E-state index in [1.807, 2.05) is 0 Å². The number of rotatable bonds is 4. The molecular formula is C18H22I2O6. The maximum atomic E-state index is 13.4. The average molecular weight is 588 g/mol. The van der Waals surface area contributed by atoms with Crippen molar-refractivity contribution in [3.63, 3.8) is 0 Å². The number of carbonyl (C=O) groups excluding carboxylic acids is 2. The van der Waals surface area contributed by atoms with Gasteiger partial charge in [-0.1, -0.05) is 45.2 Å². The van der Waals surface area contributed by atoms with Crippen LogP contribution in [0.2, 0.25) is 0 Å². The Hall–Kier alpha value is 0.320. The molecule has 6 rings (SSSR count). The van der Waals surface area contributed by atoms with E-state index < -0.39 is 23.0 Å². The van der Waals surface area contributed by atoms with Gasteiger partial charge in [0.05, 0.1) is 36.3 Å². The SMILES string of the molecule is CCOC(=O)[C@]12[C@@H]3[C@@H](I)[C@@H](O)[C@@H]4[C@@H]3[C@H]3[C@@H]1[C@H](O)[C@H](I)[C@@H]3[C@@]42C(=O)OCC. The summed E-state index contributed by atoms with van der Waals surface area (Å²) in [6, 6.07) is 0. The zero-order valence-electron chi connectivity index (χ0n) is 14.5. The van der Waals surface area contributed by atoms with Crippen molar-refractivity contribution in [2.75, 3.05) is 13.2 Å². The summed E-state index contributed by atoms with van der Waals surface area (Å²) in [6.45, 7) is 4.01. The molecule has 12 atom stereocenters. The van der Waals surface area contributed by atoms with Crippen LogP contribution in [0.15, 0.2) is 0 Å². The Morgan fingerprint density at radius 2 is 1.15 bits per heavy atom. The van der Waals surface area contributed by atoms with Gasteiger partial charge < -0.3 is 19.7 Å². The predicted molar refractivity (Wildman–Crippen MR) is 107 cm³/mol. The smallest absolute Gasteiger partial charge is 0.313 e. The molecule has 0 saturated heterocycles. The number of aliphatic hydroxyl groups excluding tert-OH is 2. The first-order valence-corrected chi connectivity index (χ1v) is 11.8. The highest BCUT2D eigenvalue weighted by atomic mass is 127. The number of ether oxygens (including phenoxy) is 2. The fourth-order valence-corrected chi connectivity index (χ4v) is 11.3. The Kier molecular flexibility index (Phi) is 3.86. The van der Waals surface area contributed by atoms with E-state index in [0.29, 0.717) is 0 Å². The molecule has 6 saturated carbocycles. The van der Waals surface area contributed by atoms with Crippen molar-refractivity contribution in [2.45, 2.75) is 33.9 Å². The summed E-state index contributed by atoms with van der Waals surface area (Å²) in [5.41, 5.74) is -2.10. The van der Waals surface area contributed by atoms with E-state index in [4.69, 9.17) is 9.47 Å². The highest BCUT2D eigenvalue weighted by molar-refractivity contribution is 14.1. The summed E-state index contributed by atoms with van der Waals surface area (Å²) in [5.74, 6) is -1.35. The van der Waals surface area contributed by atoms with Crippen LogP contribution in [0.1, 0.15) is 13.8 Å². The van der Waals surface area contributed by atoms with Gasteiger partial charge in [0.2, 0.25) is 0 Å². The van der Waals surface area contributed by atoms with Gasteiger partial charge in [-0.2, -0.15) is 0 Å². The molecule has 2 N–H and O–H groups in total. The zero-order chi connectivity index (χ0) is 18.8. The number of aliphatic hydroxyl groups is 2. The summed E-state index contributed by atoms with van der Waals surface area (Å²) >= 11 is 4.47. The molecular weight excluding hydrogens is 566 g/mol. The van der Waals surface area contributed by atoms with Gasteiger partial charge in [0.15, 0.2) is 0 Å². The molecule has 0 heterocycles. The molecule has 26 heavy (non-hydrogen) atoms. The summed E-state index contributed by atoms with van der Waals surface area (Å²) in [5, 5.41) is 21.9. The molecule has 6 aliphatic carbocycles. The molecule has 8 bridgehead atoms. The molecule has 6 nitrogen and oxygen atoms in total. The van der Waals surface area contributed by atoms with Crippen LogP contribution in [0.25, 0.3) is 0 Å². The van der Waals surface area contributed by atoms with E-state index in [-0.39, 0.29) is 68.5 Å². The number of esters is 2. The van der Waals surface area contributed by atoms with Crippen LogP contribution in [-0.4, -0.2) is 55.4 Å². The van der Waals surface area contributed by atoms with Crippen molar-refractivity contribution in [3.8, 4) is 0 Å². The van der Waals surface area contributed by atoms with Crippen LogP contribution >= 0.6 is 45.2 Å². The number of carbonyl (C=O) groups is 2. The van der Waals surface area contributed by atoms with E-state index >= 15 is 0 Å². The first-order valence-electron chi connectivity index (χ1n) is 9.33. The van der Waals surface area contributed by atoms with Crippen LogP contribution in [0.5, 0.6) is 0 Å². The minimum absolute atomic E-state index is 0.0881. The first kappa shape index (κ1) is 18.4. The van der Waals surface area contributed by atoms with Crippen molar-refractivity contribution in [3.05, 3.63) is 0 Å². The minimum atomic E-state index is -1.05. The van der Waals surface area contributed by atoms with Gasteiger partial charge in [0, 0.05) is 19.7 Å². The van der Waals surface area contributed by atoms with E-state index in [9.17, 15) is 19.8 Å². The zero-order valence-corrected chi connectivity index (χ0v) is 18.8. The lowest BCUT2D eigenvalue weighted by atomic mass is 9.49. The lowest BCUT2D eigenvalue weighted by molar-refractivity contribution is -0.207. The van der Waals surface area contributed by atoms with Crippen LogP contribution < -0.4 is 0 Å². The van der Waals surface area contributed by atoms with Gasteiger partial charge in [-0.15, -0.1) is 0 Å². The molecule has 0 aromatic carbocycles. The molecule has 0 unspecified atom stereocenters. The lowest BCUT2D eigenvalue weighted by Gasteiger charge is -2.56. The summed E-state index contributed by atoms with van der Waals surface area (Å²) < 4.78 is 10.8. The van der Waals surface area contributed by atoms with Crippen LogP contribution in [-0.2, 0) is 19.1 Å². The first-order chi connectivity index (χ1) is 12.3. The molecule has 6 aliphatic rings. The largest absolute Gasteiger partial charge is 0.466 e. The van der Waals surface area contributed by atoms with Crippen molar-refractivity contribution < 1.29 is 29.3 Å². The highest BCUT2D eigenvalue weighted by Gasteiger charge is 3.00. The van der Waals surface area contributed by atoms with Crippen LogP contribution in [0.4, 0.5) is 0 Å². The Morgan fingerprint density at radius 3 is 1.46 bits per heavy atom. The van der Waals surface area contributed by atoms with Crippen LogP contribution in [0.3, 0.4) is 0 Å². The molecule has 0 spiro atoms. The number of hydrogen-bond donors (Lipinski definition) is 2. The molecule has 0 aromatic rings. The maximum absolute atomic E-state index is 13.4. The molecule has 0 aliphatic heterocycles. The summed E-state index contributed by atoms with van der Waals surface area (Å²) in [7, 11) is 0. The Balaban J connectivity index is 1.78. The molecule has 0 radical (unpaired) electrons. The van der Waals surface area contributed by atoms with Crippen molar-refractivity contribution in [1.82, 2.24) is 0 Å². The van der Waals surface area contributed by atoms with Gasteiger partial charge in [0.1, 0.15) is 0 Å². The Morgan fingerprint density at radius 1 is 0.808 bits per heavy atom.